The van der Waals surface area contributed by atoms with Crippen LogP contribution in [0.15, 0.2) is 42.7 Å². The lowest BCUT2D eigenvalue weighted by atomic mass is 10.1. The van der Waals surface area contributed by atoms with Crippen LogP contribution in [0.2, 0.25) is 0 Å². The Morgan fingerprint density at radius 3 is 2.96 bits per heavy atom. The predicted molar refractivity (Wildman–Crippen MR) is 94.6 cm³/mol. The lowest BCUT2D eigenvalue weighted by molar-refractivity contribution is 0.113. The molecule has 1 aliphatic rings. The van der Waals surface area contributed by atoms with Crippen molar-refractivity contribution in [3.63, 3.8) is 0 Å². The van der Waals surface area contributed by atoms with E-state index in [0.717, 1.165) is 22.3 Å². The number of fused-ring (bicyclic) bond motifs is 1. The molecule has 1 atom stereocenters. The average Bonchev–Trinajstić information content (AvgIpc) is 3.31. The molecule has 0 saturated carbocycles. The molecular weight excluding hydrogens is 359 g/mol. The van der Waals surface area contributed by atoms with Gasteiger partial charge < -0.3 is 19.4 Å². The van der Waals surface area contributed by atoms with E-state index in [2.05, 4.69) is 9.97 Å². The fraction of sp³-hybridized carbons (Fsp3) is 0.316. The van der Waals surface area contributed by atoms with E-state index in [1.165, 1.54) is 12.1 Å². The van der Waals surface area contributed by atoms with Crippen molar-refractivity contribution < 1.29 is 22.6 Å². The Hall–Kier alpha value is -2.74. The lowest BCUT2D eigenvalue weighted by Gasteiger charge is -2.25. The fourth-order valence-electron chi connectivity index (χ4n) is 3.17. The minimum absolute atomic E-state index is 0.0243. The summed E-state index contributed by atoms with van der Waals surface area (Å²) >= 11 is 0. The summed E-state index contributed by atoms with van der Waals surface area (Å²) in [6.45, 7) is 0.585. The van der Waals surface area contributed by atoms with E-state index in [4.69, 9.17) is 9.47 Å². The summed E-state index contributed by atoms with van der Waals surface area (Å²) in [6, 6.07) is 10.3. The number of H-pyrrole nitrogens is 1. The molecule has 2 aromatic carbocycles. The van der Waals surface area contributed by atoms with Gasteiger partial charge in [-0.15, -0.1) is 0 Å². The third kappa shape index (κ3) is 3.71. The smallest absolute Gasteiger partial charge is 0.241 e. The summed E-state index contributed by atoms with van der Waals surface area (Å²) < 4.78 is 49.4. The van der Waals surface area contributed by atoms with Crippen LogP contribution in [0.4, 0.5) is 18.9 Å². The molecule has 0 spiro atoms. The van der Waals surface area contributed by atoms with Gasteiger partial charge in [0.05, 0.1) is 36.6 Å². The predicted octanol–water partition coefficient (Wildman–Crippen LogP) is 4.27. The van der Waals surface area contributed by atoms with Gasteiger partial charge >= 0.3 is 0 Å². The van der Waals surface area contributed by atoms with E-state index in [9.17, 15) is 13.2 Å². The molecule has 5 nitrogen and oxygen atoms in total. The Kier molecular flexibility index (Phi) is 4.89. The molecule has 27 heavy (non-hydrogen) atoms. The molecule has 142 valence electrons. The standard InChI is InChI=1S/C19H18F3N3O2/c20-14-7-12(1-4-18(14)27-6-5-19(21)22)17-9-26-11-25(17)13-2-3-15-16(8-13)24-10-23-15/h1-4,7-8,10,17,19H,5-6,9,11H2,(H,23,24)/t17-/m1/s1. The second kappa shape index (κ2) is 7.48. The van der Waals surface area contributed by atoms with Crippen molar-refractivity contribution in [1.82, 2.24) is 9.97 Å². The maximum Gasteiger partial charge on any atom is 0.241 e. The van der Waals surface area contributed by atoms with E-state index in [1.54, 1.807) is 12.4 Å². The Labute approximate surface area is 153 Å². The van der Waals surface area contributed by atoms with Crippen LogP contribution < -0.4 is 9.64 Å². The second-order valence-electron chi connectivity index (χ2n) is 6.31. The zero-order valence-corrected chi connectivity index (χ0v) is 14.4. The number of hydrogen-bond donors (Lipinski definition) is 1. The minimum Gasteiger partial charge on any atom is -0.490 e. The maximum absolute atomic E-state index is 14.3. The minimum atomic E-state index is -2.47. The normalized spacial score (nSPS) is 17.2. The van der Waals surface area contributed by atoms with E-state index in [0.29, 0.717) is 13.3 Å². The van der Waals surface area contributed by atoms with Crippen molar-refractivity contribution in [2.45, 2.75) is 18.9 Å². The van der Waals surface area contributed by atoms with Crippen molar-refractivity contribution in [3.8, 4) is 5.75 Å². The van der Waals surface area contributed by atoms with Gasteiger partial charge in [0.15, 0.2) is 11.6 Å². The largest absolute Gasteiger partial charge is 0.490 e. The van der Waals surface area contributed by atoms with Crippen LogP contribution >= 0.6 is 0 Å². The van der Waals surface area contributed by atoms with E-state index < -0.39 is 18.7 Å². The highest BCUT2D eigenvalue weighted by Gasteiger charge is 2.28. The zero-order valence-electron chi connectivity index (χ0n) is 14.4. The first-order valence-corrected chi connectivity index (χ1v) is 8.60. The van der Waals surface area contributed by atoms with Gasteiger partial charge in [-0.1, -0.05) is 6.07 Å². The zero-order chi connectivity index (χ0) is 18.8. The van der Waals surface area contributed by atoms with Gasteiger partial charge in [0.1, 0.15) is 6.73 Å². The third-order valence-corrected chi connectivity index (χ3v) is 4.55. The molecule has 2 heterocycles. The second-order valence-corrected chi connectivity index (χ2v) is 6.31. The van der Waals surface area contributed by atoms with E-state index >= 15 is 0 Å². The molecule has 1 saturated heterocycles. The monoisotopic (exact) mass is 377 g/mol. The molecule has 0 unspecified atom stereocenters. The quantitative estimate of drug-likeness (QED) is 0.697. The Balaban J connectivity index is 1.53. The number of alkyl halides is 2. The molecule has 8 heteroatoms. The summed E-state index contributed by atoms with van der Waals surface area (Å²) in [5.74, 6) is -0.596. The van der Waals surface area contributed by atoms with Crippen LogP contribution in [0.3, 0.4) is 0 Å². The van der Waals surface area contributed by atoms with Gasteiger partial charge in [0.2, 0.25) is 6.43 Å². The van der Waals surface area contributed by atoms with Gasteiger partial charge in [-0.2, -0.15) is 0 Å². The molecule has 1 N–H and O–H groups in total. The molecular formula is C19H18F3N3O2. The summed E-state index contributed by atoms with van der Waals surface area (Å²) in [5.41, 5.74) is 3.45. The number of aromatic amines is 1. The SMILES string of the molecule is Fc1cc([C@H]2COCN2c2ccc3nc[nH]c3c2)ccc1OCCC(F)F. The van der Waals surface area contributed by atoms with Gasteiger partial charge in [0, 0.05) is 12.1 Å². The number of ether oxygens (including phenoxy) is 2. The first kappa shape index (κ1) is 17.7. The number of imidazole rings is 1. The third-order valence-electron chi connectivity index (χ3n) is 4.55. The number of hydrogen-bond acceptors (Lipinski definition) is 4. The van der Waals surface area contributed by atoms with Crippen LogP contribution in [0, 0.1) is 5.82 Å². The summed E-state index contributed by atoms with van der Waals surface area (Å²) in [6.07, 6.45) is -1.26. The van der Waals surface area contributed by atoms with Crippen LogP contribution in [0.1, 0.15) is 18.0 Å². The van der Waals surface area contributed by atoms with Crippen LogP contribution in [-0.4, -0.2) is 36.3 Å². The fourth-order valence-corrected chi connectivity index (χ4v) is 3.17. The molecule has 1 fully saturated rings. The molecule has 3 aromatic rings. The first-order chi connectivity index (χ1) is 13.1. The van der Waals surface area contributed by atoms with Gasteiger partial charge in [0.25, 0.3) is 0 Å². The molecule has 1 aliphatic heterocycles. The van der Waals surface area contributed by atoms with Crippen molar-refractivity contribution in [1.29, 1.82) is 0 Å². The van der Waals surface area contributed by atoms with Crippen molar-refractivity contribution in [3.05, 3.63) is 54.1 Å². The summed E-state index contributed by atoms with van der Waals surface area (Å²) in [4.78, 5) is 9.31. The first-order valence-electron chi connectivity index (χ1n) is 8.60. The Bertz CT molecular complexity index is 931. The molecule has 4 rings (SSSR count). The van der Waals surface area contributed by atoms with Gasteiger partial charge in [-0.3, -0.25) is 0 Å². The van der Waals surface area contributed by atoms with Gasteiger partial charge in [-0.05, 0) is 35.9 Å². The van der Waals surface area contributed by atoms with E-state index in [-0.39, 0.29) is 18.4 Å². The lowest BCUT2D eigenvalue weighted by Crippen LogP contribution is -2.23. The number of rotatable bonds is 6. The van der Waals surface area contributed by atoms with Crippen molar-refractivity contribution in [2.75, 3.05) is 24.8 Å². The molecule has 1 aromatic heterocycles. The molecule has 0 radical (unpaired) electrons. The number of halogens is 3. The van der Waals surface area contributed by atoms with E-state index in [1.807, 2.05) is 23.1 Å². The topological polar surface area (TPSA) is 50.4 Å². The number of benzene rings is 2. The summed E-state index contributed by atoms with van der Waals surface area (Å²) in [7, 11) is 0. The van der Waals surface area contributed by atoms with Gasteiger partial charge in [-0.25, -0.2) is 18.2 Å². The average molecular weight is 377 g/mol. The molecule has 0 bridgehead atoms. The highest BCUT2D eigenvalue weighted by molar-refractivity contribution is 5.79. The number of aromatic nitrogens is 2. The highest BCUT2D eigenvalue weighted by atomic mass is 19.3. The van der Waals surface area contributed by atoms with Crippen LogP contribution in [0.5, 0.6) is 5.75 Å². The Morgan fingerprint density at radius 2 is 2.15 bits per heavy atom. The number of nitrogens with zero attached hydrogens (tertiary/aromatic N) is 2. The molecule has 0 amide bonds. The highest BCUT2D eigenvalue weighted by Crippen LogP contribution is 2.34. The summed E-state index contributed by atoms with van der Waals surface area (Å²) in [5, 5.41) is 0. The molecule has 0 aliphatic carbocycles. The van der Waals surface area contributed by atoms with Crippen LogP contribution in [-0.2, 0) is 4.74 Å². The Morgan fingerprint density at radius 1 is 1.26 bits per heavy atom. The van der Waals surface area contributed by atoms with Crippen molar-refractivity contribution >= 4 is 16.7 Å². The maximum atomic E-state index is 14.3. The number of anilines is 1. The van der Waals surface area contributed by atoms with Crippen molar-refractivity contribution in [2.24, 2.45) is 0 Å². The van der Waals surface area contributed by atoms with Crippen LogP contribution in [0.25, 0.3) is 11.0 Å². The number of nitrogens with one attached hydrogen (secondary N) is 1.